The summed E-state index contributed by atoms with van der Waals surface area (Å²) in [5.41, 5.74) is 16.9. The predicted octanol–water partition coefficient (Wildman–Crippen LogP) is 4.46. The van der Waals surface area contributed by atoms with E-state index >= 15 is 0 Å². The Balaban J connectivity index is 1.48. The molecule has 0 atom stereocenters. The smallest absolute Gasteiger partial charge is 0.272 e. The Bertz CT molecular complexity index is 1480. The van der Waals surface area contributed by atoms with Crippen molar-refractivity contribution in [3.05, 3.63) is 120 Å². The molecule has 9 nitrogen and oxygen atoms in total. The molecular weight excluding hydrogens is 530 g/mol. The van der Waals surface area contributed by atoms with Crippen molar-refractivity contribution in [3.8, 4) is 0 Å². The van der Waals surface area contributed by atoms with Gasteiger partial charge >= 0.3 is 0 Å². The average Bonchev–Trinajstić information content (AvgIpc) is 2.96. The van der Waals surface area contributed by atoms with Gasteiger partial charge in [-0.1, -0.05) is 60.7 Å². The molecular formula is C28H25N7O2S2. The molecule has 0 bridgehead atoms. The topological polar surface area (TPSA) is 124 Å². The number of hydrogen-bond donors (Lipinski definition) is 6. The van der Waals surface area contributed by atoms with Crippen molar-refractivity contribution < 1.29 is 9.59 Å². The zero-order chi connectivity index (χ0) is 27.6. The second-order valence-electron chi connectivity index (χ2n) is 8.07. The van der Waals surface area contributed by atoms with E-state index < -0.39 is 11.8 Å². The summed E-state index contributed by atoms with van der Waals surface area (Å²) in [4.78, 5) is 26.3. The molecule has 2 amide bonds. The maximum absolute atomic E-state index is 13.3. The lowest BCUT2D eigenvalue weighted by Crippen LogP contribution is -2.49. The Kier molecular flexibility index (Phi) is 9.01. The molecule has 0 aromatic heterocycles. The zero-order valence-corrected chi connectivity index (χ0v) is 22.2. The van der Waals surface area contributed by atoms with E-state index in [4.69, 9.17) is 30.2 Å². The Morgan fingerprint density at radius 1 is 0.641 bits per heavy atom. The predicted molar refractivity (Wildman–Crippen MR) is 163 cm³/mol. The normalized spacial score (nSPS) is 10.1. The summed E-state index contributed by atoms with van der Waals surface area (Å²) in [6.07, 6.45) is 0. The monoisotopic (exact) mass is 555 g/mol. The number of nitrogens with two attached hydrogens (primary N) is 1. The highest BCUT2D eigenvalue weighted by atomic mass is 32.1. The second-order valence-corrected chi connectivity index (χ2v) is 8.89. The highest BCUT2D eigenvalue weighted by Crippen LogP contribution is 2.24. The Labute approximate surface area is 236 Å². The number of para-hydroxylation sites is 4. The molecule has 0 radical (unpaired) electrons. The van der Waals surface area contributed by atoms with Gasteiger partial charge in [0.2, 0.25) is 0 Å². The molecule has 196 valence electrons. The number of thiocarbonyl (C=S) groups is 2. The fourth-order valence-corrected chi connectivity index (χ4v) is 3.90. The van der Waals surface area contributed by atoms with Crippen molar-refractivity contribution in [1.29, 1.82) is 0 Å². The van der Waals surface area contributed by atoms with Gasteiger partial charge in [0.15, 0.2) is 10.2 Å². The van der Waals surface area contributed by atoms with E-state index in [-0.39, 0.29) is 10.2 Å². The Morgan fingerprint density at radius 3 is 1.74 bits per heavy atom. The molecule has 0 fully saturated rings. The summed E-state index contributed by atoms with van der Waals surface area (Å²) in [6, 6.07) is 32.1. The number of carbonyl (C=O) groups excluding carboxylic acids is 2. The SMILES string of the molecule is NC(=S)N(NC(=O)c1ccccc1Nc1ccccc1C(=O)NNC(=S)Nc1ccccc1)c1ccccc1. The lowest BCUT2D eigenvalue weighted by molar-refractivity contribution is 0.0941. The fourth-order valence-electron chi connectivity index (χ4n) is 3.58. The van der Waals surface area contributed by atoms with Crippen LogP contribution in [0.2, 0.25) is 0 Å². The summed E-state index contributed by atoms with van der Waals surface area (Å²) >= 11 is 10.4. The van der Waals surface area contributed by atoms with Crippen LogP contribution >= 0.6 is 24.4 Å². The number of nitrogens with one attached hydrogen (secondary N) is 5. The Morgan fingerprint density at radius 2 is 1.15 bits per heavy atom. The lowest BCUT2D eigenvalue weighted by Gasteiger charge is -2.24. The van der Waals surface area contributed by atoms with Gasteiger partial charge in [0, 0.05) is 5.69 Å². The van der Waals surface area contributed by atoms with Gasteiger partial charge in [-0.2, -0.15) is 0 Å². The van der Waals surface area contributed by atoms with Crippen molar-refractivity contribution in [2.45, 2.75) is 0 Å². The maximum atomic E-state index is 13.3. The molecule has 0 spiro atoms. The maximum Gasteiger partial charge on any atom is 0.272 e. The van der Waals surface area contributed by atoms with Gasteiger partial charge in [-0.05, 0) is 73.0 Å². The molecule has 4 aromatic carbocycles. The molecule has 0 saturated carbocycles. The van der Waals surface area contributed by atoms with Crippen molar-refractivity contribution in [2.24, 2.45) is 5.73 Å². The van der Waals surface area contributed by atoms with Gasteiger partial charge in [0.25, 0.3) is 11.8 Å². The molecule has 39 heavy (non-hydrogen) atoms. The van der Waals surface area contributed by atoms with Crippen LogP contribution in [0.4, 0.5) is 22.7 Å². The molecule has 0 aliphatic rings. The van der Waals surface area contributed by atoms with Crippen LogP contribution in [0.15, 0.2) is 109 Å². The number of nitrogens with zero attached hydrogens (tertiary/aromatic N) is 1. The molecule has 0 aliphatic carbocycles. The third-order valence-corrected chi connectivity index (χ3v) is 5.77. The Hall–Kier alpha value is -5.00. The van der Waals surface area contributed by atoms with Crippen LogP contribution in [0.25, 0.3) is 0 Å². The standard InChI is InChI=1S/C28H25N7O2S2/c29-27(38)35(20-13-5-2-6-14-20)34-26(37)22-16-8-10-18-24(22)31-23-17-9-7-15-21(23)25(36)32-33-28(39)30-19-11-3-1-4-12-19/h1-18,31H,(H2,29,38)(H,32,36)(H,34,37)(H2,30,33,39). The van der Waals surface area contributed by atoms with Crippen LogP contribution < -0.4 is 37.7 Å². The summed E-state index contributed by atoms with van der Waals surface area (Å²) in [6.45, 7) is 0. The number of hydrogen-bond acceptors (Lipinski definition) is 5. The van der Waals surface area contributed by atoms with Gasteiger partial charge < -0.3 is 16.4 Å². The van der Waals surface area contributed by atoms with Gasteiger partial charge in [-0.25, -0.2) is 5.01 Å². The first kappa shape index (κ1) is 27.0. The number of hydrazine groups is 2. The van der Waals surface area contributed by atoms with Crippen LogP contribution in [-0.2, 0) is 0 Å². The van der Waals surface area contributed by atoms with Gasteiger partial charge in [0.1, 0.15) is 0 Å². The van der Waals surface area contributed by atoms with E-state index in [1.54, 1.807) is 60.7 Å². The minimum absolute atomic E-state index is 0.0193. The van der Waals surface area contributed by atoms with Crippen molar-refractivity contribution >= 4 is 69.2 Å². The molecule has 4 rings (SSSR count). The van der Waals surface area contributed by atoms with Crippen LogP contribution in [0.5, 0.6) is 0 Å². The lowest BCUT2D eigenvalue weighted by atomic mass is 10.1. The molecule has 0 unspecified atom stereocenters. The van der Waals surface area contributed by atoms with Gasteiger partial charge in [0.05, 0.1) is 28.2 Å². The van der Waals surface area contributed by atoms with Gasteiger partial charge in [-0.3, -0.25) is 25.9 Å². The second kappa shape index (κ2) is 13.0. The summed E-state index contributed by atoms with van der Waals surface area (Å²) in [5.74, 6) is -0.878. The average molecular weight is 556 g/mol. The fraction of sp³-hybridized carbons (Fsp3) is 0. The molecule has 11 heteroatoms. The minimum atomic E-state index is -0.448. The third kappa shape index (κ3) is 7.28. The van der Waals surface area contributed by atoms with E-state index in [2.05, 4.69) is 26.9 Å². The summed E-state index contributed by atoms with van der Waals surface area (Å²) < 4.78 is 0. The first-order valence-corrected chi connectivity index (χ1v) is 12.6. The highest BCUT2D eigenvalue weighted by Gasteiger charge is 2.18. The van der Waals surface area contributed by atoms with E-state index in [1.165, 1.54) is 5.01 Å². The van der Waals surface area contributed by atoms with E-state index in [1.807, 2.05) is 48.5 Å². The molecule has 0 saturated heterocycles. The summed E-state index contributed by atoms with van der Waals surface area (Å²) in [5, 5.41) is 7.71. The van der Waals surface area contributed by atoms with Gasteiger partial charge in [-0.15, -0.1) is 0 Å². The highest BCUT2D eigenvalue weighted by molar-refractivity contribution is 7.80. The van der Waals surface area contributed by atoms with Crippen molar-refractivity contribution in [3.63, 3.8) is 0 Å². The van der Waals surface area contributed by atoms with Crippen molar-refractivity contribution in [2.75, 3.05) is 15.6 Å². The number of anilines is 4. The quantitative estimate of drug-likeness (QED) is 0.151. The molecule has 0 aliphatic heterocycles. The van der Waals surface area contributed by atoms with E-state index in [0.29, 0.717) is 28.2 Å². The van der Waals surface area contributed by atoms with Crippen LogP contribution in [0.1, 0.15) is 20.7 Å². The minimum Gasteiger partial charge on any atom is -0.374 e. The van der Waals surface area contributed by atoms with Crippen molar-refractivity contribution in [1.82, 2.24) is 16.3 Å². The molecule has 7 N–H and O–H groups in total. The summed E-state index contributed by atoms with van der Waals surface area (Å²) in [7, 11) is 0. The largest absolute Gasteiger partial charge is 0.374 e. The zero-order valence-electron chi connectivity index (χ0n) is 20.5. The number of carbonyl (C=O) groups is 2. The van der Waals surface area contributed by atoms with Crippen LogP contribution in [-0.4, -0.2) is 22.0 Å². The van der Waals surface area contributed by atoms with E-state index in [0.717, 1.165) is 5.69 Å². The number of amides is 2. The van der Waals surface area contributed by atoms with E-state index in [9.17, 15) is 9.59 Å². The van der Waals surface area contributed by atoms with Crippen LogP contribution in [0, 0.1) is 0 Å². The first-order chi connectivity index (χ1) is 18.9. The number of rotatable bonds is 6. The third-order valence-electron chi connectivity index (χ3n) is 5.38. The first-order valence-electron chi connectivity index (χ1n) is 11.8. The molecule has 0 heterocycles. The van der Waals surface area contributed by atoms with Crippen LogP contribution in [0.3, 0.4) is 0 Å². The molecule has 4 aromatic rings. The number of benzene rings is 4.